The molecule has 4 N–H and O–H groups in total. The van der Waals surface area contributed by atoms with Crippen LogP contribution in [0.25, 0.3) is 0 Å². The van der Waals surface area contributed by atoms with Gasteiger partial charge in [-0.15, -0.1) is 0 Å². The average Bonchev–Trinajstić information content (AvgIpc) is 2.02. The van der Waals surface area contributed by atoms with Crippen molar-refractivity contribution >= 4 is 11.9 Å². The molecule has 0 heterocycles. The normalized spacial score (nSPS) is 12.3. The molecule has 5 heteroatoms. The van der Waals surface area contributed by atoms with Crippen LogP contribution in [-0.2, 0) is 4.79 Å². The summed E-state index contributed by atoms with van der Waals surface area (Å²) in [6, 6.07) is -0.968. The van der Waals surface area contributed by atoms with E-state index in [0.29, 0.717) is 12.3 Å². The van der Waals surface area contributed by atoms with Crippen molar-refractivity contribution in [2.24, 2.45) is 11.7 Å². The molecule has 0 aliphatic carbocycles. The highest BCUT2D eigenvalue weighted by Gasteiger charge is 2.18. The molecule has 13 heavy (non-hydrogen) atoms. The lowest BCUT2D eigenvalue weighted by molar-refractivity contribution is -0.120. The molecule has 0 aliphatic rings. The van der Waals surface area contributed by atoms with Crippen LogP contribution in [0.3, 0.4) is 0 Å². The molecule has 0 aromatic rings. The van der Waals surface area contributed by atoms with Crippen LogP contribution in [0.15, 0.2) is 0 Å². The molecule has 3 amide bonds. The summed E-state index contributed by atoms with van der Waals surface area (Å²) in [4.78, 5) is 21.7. The van der Waals surface area contributed by atoms with E-state index in [1.807, 2.05) is 13.8 Å². The largest absolute Gasteiger partial charge is 0.368 e. The zero-order chi connectivity index (χ0) is 10.4. The number of hydrogen-bond donors (Lipinski definition) is 3. The molecule has 0 spiro atoms. The van der Waals surface area contributed by atoms with Gasteiger partial charge in [0.1, 0.15) is 6.04 Å². The SMILES string of the molecule is CNC(=O)NC(CC(C)C)C(N)=O. The first kappa shape index (κ1) is 11.7. The second kappa shape index (κ2) is 5.40. The Kier molecular flexibility index (Phi) is 4.87. The Bertz CT molecular complexity index is 192. The molecule has 1 atom stereocenters. The van der Waals surface area contributed by atoms with Gasteiger partial charge in [-0.2, -0.15) is 0 Å². The summed E-state index contributed by atoms with van der Waals surface area (Å²) < 4.78 is 0. The van der Waals surface area contributed by atoms with Crippen LogP contribution in [0, 0.1) is 5.92 Å². The minimum atomic E-state index is -0.583. The van der Waals surface area contributed by atoms with Gasteiger partial charge in [-0.05, 0) is 12.3 Å². The molecule has 0 aromatic carbocycles. The predicted octanol–water partition coefficient (Wildman–Crippen LogP) is -0.185. The van der Waals surface area contributed by atoms with E-state index in [2.05, 4.69) is 10.6 Å². The van der Waals surface area contributed by atoms with Crippen molar-refractivity contribution in [3.05, 3.63) is 0 Å². The number of nitrogens with two attached hydrogens (primary N) is 1. The molecule has 0 aromatic heterocycles. The van der Waals surface area contributed by atoms with Crippen molar-refractivity contribution < 1.29 is 9.59 Å². The number of urea groups is 1. The van der Waals surface area contributed by atoms with Crippen LogP contribution in [0.1, 0.15) is 20.3 Å². The minimum Gasteiger partial charge on any atom is -0.368 e. The minimum absolute atomic E-state index is 0.314. The fourth-order valence-electron chi connectivity index (χ4n) is 0.948. The molecule has 0 bridgehead atoms. The molecule has 76 valence electrons. The van der Waals surface area contributed by atoms with Gasteiger partial charge in [-0.1, -0.05) is 13.8 Å². The third-order valence-electron chi connectivity index (χ3n) is 1.58. The summed E-state index contributed by atoms with van der Waals surface area (Å²) in [6.07, 6.45) is 0.558. The number of carbonyl (C=O) groups excluding carboxylic acids is 2. The predicted molar refractivity (Wildman–Crippen MR) is 50.0 cm³/mol. The van der Waals surface area contributed by atoms with Gasteiger partial charge in [0.25, 0.3) is 0 Å². The summed E-state index contributed by atoms with van der Waals surface area (Å²) in [6.45, 7) is 3.92. The maximum Gasteiger partial charge on any atom is 0.315 e. The summed E-state index contributed by atoms with van der Waals surface area (Å²) in [5, 5.41) is 4.84. The maximum absolute atomic E-state index is 10.9. The monoisotopic (exact) mass is 187 g/mol. The zero-order valence-electron chi connectivity index (χ0n) is 8.26. The third-order valence-corrected chi connectivity index (χ3v) is 1.58. The van der Waals surface area contributed by atoms with Crippen molar-refractivity contribution in [3.63, 3.8) is 0 Å². The highest BCUT2D eigenvalue weighted by molar-refractivity contribution is 5.85. The van der Waals surface area contributed by atoms with Crippen molar-refractivity contribution in [1.82, 2.24) is 10.6 Å². The molecule has 5 nitrogen and oxygen atoms in total. The maximum atomic E-state index is 10.9. The Morgan fingerprint density at radius 1 is 1.38 bits per heavy atom. The van der Waals surface area contributed by atoms with Gasteiger partial charge in [-0.25, -0.2) is 4.79 Å². The van der Waals surface area contributed by atoms with Crippen molar-refractivity contribution in [1.29, 1.82) is 0 Å². The molecule has 0 aliphatic heterocycles. The van der Waals surface area contributed by atoms with Crippen molar-refractivity contribution in [3.8, 4) is 0 Å². The van der Waals surface area contributed by atoms with E-state index in [0.717, 1.165) is 0 Å². The smallest absolute Gasteiger partial charge is 0.315 e. The van der Waals surface area contributed by atoms with Gasteiger partial charge in [0, 0.05) is 7.05 Å². The van der Waals surface area contributed by atoms with Gasteiger partial charge in [0.2, 0.25) is 5.91 Å². The first-order valence-electron chi connectivity index (χ1n) is 4.25. The fourth-order valence-corrected chi connectivity index (χ4v) is 0.948. The van der Waals surface area contributed by atoms with E-state index in [4.69, 9.17) is 5.73 Å². The van der Waals surface area contributed by atoms with Crippen LogP contribution < -0.4 is 16.4 Å². The highest BCUT2D eigenvalue weighted by atomic mass is 16.2. The summed E-state index contributed by atoms with van der Waals surface area (Å²) in [7, 11) is 1.49. The number of rotatable bonds is 4. The summed E-state index contributed by atoms with van der Waals surface area (Å²) in [5.74, 6) is -0.188. The van der Waals surface area contributed by atoms with Gasteiger partial charge in [0.05, 0.1) is 0 Å². The Balaban J connectivity index is 4.10. The molecule has 1 unspecified atom stereocenters. The molecule has 0 radical (unpaired) electrons. The second-order valence-corrected chi connectivity index (χ2v) is 3.31. The van der Waals surface area contributed by atoms with E-state index >= 15 is 0 Å². The van der Waals surface area contributed by atoms with Crippen LogP contribution >= 0.6 is 0 Å². The first-order valence-corrected chi connectivity index (χ1v) is 4.25. The Hall–Kier alpha value is -1.26. The molecule has 0 rings (SSSR count). The summed E-state index contributed by atoms with van der Waals surface area (Å²) >= 11 is 0. The quantitative estimate of drug-likeness (QED) is 0.570. The van der Waals surface area contributed by atoms with Crippen LogP contribution in [0.4, 0.5) is 4.79 Å². The van der Waals surface area contributed by atoms with Crippen LogP contribution in [-0.4, -0.2) is 25.0 Å². The highest BCUT2D eigenvalue weighted by Crippen LogP contribution is 2.03. The standard InChI is InChI=1S/C8H17N3O2/c1-5(2)4-6(7(9)12)11-8(13)10-3/h5-6H,4H2,1-3H3,(H2,9,12)(H2,10,11,13). The van der Waals surface area contributed by atoms with E-state index < -0.39 is 11.9 Å². The molecule has 0 saturated heterocycles. The molecular formula is C8H17N3O2. The van der Waals surface area contributed by atoms with Crippen molar-refractivity contribution in [2.45, 2.75) is 26.3 Å². The number of amides is 3. The second-order valence-electron chi connectivity index (χ2n) is 3.31. The number of primary amides is 1. The van der Waals surface area contributed by atoms with Crippen LogP contribution in [0.5, 0.6) is 0 Å². The molecule has 0 fully saturated rings. The lowest BCUT2D eigenvalue weighted by Crippen LogP contribution is -2.48. The van der Waals surface area contributed by atoms with Gasteiger partial charge in [-0.3, -0.25) is 4.79 Å². The van der Waals surface area contributed by atoms with E-state index in [1.165, 1.54) is 7.05 Å². The zero-order valence-corrected chi connectivity index (χ0v) is 8.26. The number of hydrogen-bond acceptors (Lipinski definition) is 2. The Morgan fingerprint density at radius 3 is 2.23 bits per heavy atom. The topological polar surface area (TPSA) is 84.2 Å². The van der Waals surface area contributed by atoms with E-state index in [1.54, 1.807) is 0 Å². The summed E-state index contributed by atoms with van der Waals surface area (Å²) in [5.41, 5.74) is 5.11. The van der Waals surface area contributed by atoms with Gasteiger partial charge >= 0.3 is 6.03 Å². The van der Waals surface area contributed by atoms with E-state index in [9.17, 15) is 9.59 Å². The average molecular weight is 187 g/mol. The lowest BCUT2D eigenvalue weighted by atomic mass is 10.0. The first-order chi connectivity index (χ1) is 5.97. The Labute approximate surface area is 78.1 Å². The lowest BCUT2D eigenvalue weighted by Gasteiger charge is -2.16. The fraction of sp³-hybridized carbons (Fsp3) is 0.750. The van der Waals surface area contributed by atoms with Gasteiger partial charge in [0.15, 0.2) is 0 Å². The molecule has 0 saturated carbocycles. The third kappa shape index (κ3) is 5.05. The van der Waals surface area contributed by atoms with Gasteiger partial charge < -0.3 is 16.4 Å². The number of carbonyl (C=O) groups is 2. The van der Waals surface area contributed by atoms with Crippen LogP contribution in [0.2, 0.25) is 0 Å². The molecular weight excluding hydrogens is 170 g/mol. The van der Waals surface area contributed by atoms with Crippen molar-refractivity contribution in [2.75, 3.05) is 7.05 Å². The Morgan fingerprint density at radius 2 is 1.92 bits per heavy atom. The number of nitrogens with one attached hydrogen (secondary N) is 2. The van der Waals surface area contributed by atoms with E-state index in [-0.39, 0.29) is 6.03 Å².